The summed E-state index contributed by atoms with van der Waals surface area (Å²) in [5, 5.41) is 12.4. The zero-order valence-corrected chi connectivity index (χ0v) is 13.0. The van der Waals surface area contributed by atoms with Crippen molar-refractivity contribution in [3.63, 3.8) is 0 Å². The van der Waals surface area contributed by atoms with Crippen LogP contribution in [0.4, 0.5) is 5.82 Å². The number of imidazole rings is 1. The maximum atomic E-state index is 12.2. The summed E-state index contributed by atoms with van der Waals surface area (Å²) in [6, 6.07) is 9.65. The molecule has 2 aromatic heterocycles. The predicted molar refractivity (Wildman–Crippen MR) is 86.4 cm³/mol. The molecule has 2 N–H and O–H groups in total. The molecular weight excluding hydrogens is 334 g/mol. The second-order valence-electron chi connectivity index (χ2n) is 4.92. The van der Waals surface area contributed by atoms with Crippen molar-refractivity contribution in [3.8, 4) is 0 Å². The molecule has 3 aromatic rings. The summed E-state index contributed by atoms with van der Waals surface area (Å²) < 4.78 is 6.59. The minimum absolute atomic E-state index is 0.0333. The third-order valence-electron chi connectivity index (χ3n) is 3.28. The standard InChI is InChI=1S/C16H12ClN3O4/c17-11-5-3-10(4-6-11)15(21)19-14-13(16(22)23)20(9-18-14)8-12-2-1-7-24-12/h1-7,9H,8H2,(H,19,21)(H,22,23). The molecule has 3 rings (SSSR count). The van der Waals surface area contributed by atoms with Crippen molar-refractivity contribution in [3.05, 3.63) is 71.0 Å². The molecule has 0 aliphatic carbocycles. The van der Waals surface area contributed by atoms with Crippen LogP contribution in [0.3, 0.4) is 0 Å². The fraction of sp³-hybridized carbons (Fsp3) is 0.0625. The maximum absolute atomic E-state index is 12.2. The number of aromatic carboxylic acids is 1. The van der Waals surface area contributed by atoms with Gasteiger partial charge in [-0.25, -0.2) is 9.78 Å². The van der Waals surface area contributed by atoms with E-state index in [0.717, 1.165) is 0 Å². The molecule has 0 aliphatic rings. The van der Waals surface area contributed by atoms with Crippen molar-refractivity contribution in [2.24, 2.45) is 0 Å². The van der Waals surface area contributed by atoms with E-state index in [9.17, 15) is 14.7 Å². The van der Waals surface area contributed by atoms with E-state index in [4.69, 9.17) is 16.0 Å². The molecule has 0 atom stereocenters. The molecule has 122 valence electrons. The van der Waals surface area contributed by atoms with Gasteiger partial charge in [0.25, 0.3) is 5.91 Å². The highest BCUT2D eigenvalue weighted by Crippen LogP contribution is 2.18. The van der Waals surface area contributed by atoms with Crippen LogP contribution in [0, 0.1) is 0 Å². The Morgan fingerprint density at radius 3 is 2.62 bits per heavy atom. The lowest BCUT2D eigenvalue weighted by Crippen LogP contribution is -2.16. The Morgan fingerprint density at radius 1 is 1.25 bits per heavy atom. The predicted octanol–water partition coefficient (Wildman–Crippen LogP) is 3.13. The first-order chi connectivity index (χ1) is 11.5. The summed E-state index contributed by atoms with van der Waals surface area (Å²) in [6.07, 6.45) is 2.83. The average Bonchev–Trinajstić information content (AvgIpc) is 3.18. The summed E-state index contributed by atoms with van der Waals surface area (Å²) in [6.45, 7) is 0.193. The highest BCUT2D eigenvalue weighted by Gasteiger charge is 2.21. The number of nitrogens with zero attached hydrogens (tertiary/aromatic N) is 2. The van der Waals surface area contributed by atoms with Gasteiger partial charge in [-0.1, -0.05) is 11.6 Å². The molecule has 0 spiro atoms. The van der Waals surface area contributed by atoms with Gasteiger partial charge in [-0.05, 0) is 36.4 Å². The zero-order valence-electron chi connectivity index (χ0n) is 12.3. The van der Waals surface area contributed by atoms with Crippen molar-refractivity contribution in [1.29, 1.82) is 0 Å². The summed E-state index contributed by atoms with van der Waals surface area (Å²) in [7, 11) is 0. The minimum Gasteiger partial charge on any atom is -0.476 e. The first kappa shape index (κ1) is 15.8. The second-order valence-corrected chi connectivity index (χ2v) is 5.35. The summed E-state index contributed by atoms with van der Waals surface area (Å²) in [5.41, 5.74) is 0.213. The van der Waals surface area contributed by atoms with Crippen molar-refractivity contribution in [2.45, 2.75) is 6.54 Å². The van der Waals surface area contributed by atoms with Crippen LogP contribution < -0.4 is 5.32 Å². The van der Waals surface area contributed by atoms with Crippen LogP contribution >= 0.6 is 11.6 Å². The van der Waals surface area contributed by atoms with Gasteiger partial charge in [0, 0.05) is 10.6 Å². The van der Waals surface area contributed by atoms with Gasteiger partial charge >= 0.3 is 5.97 Å². The van der Waals surface area contributed by atoms with E-state index in [1.807, 2.05) is 0 Å². The fourth-order valence-electron chi connectivity index (χ4n) is 2.17. The number of carbonyl (C=O) groups is 2. The van der Waals surface area contributed by atoms with Crippen LogP contribution in [0.5, 0.6) is 0 Å². The van der Waals surface area contributed by atoms with E-state index >= 15 is 0 Å². The topological polar surface area (TPSA) is 97.4 Å². The quantitative estimate of drug-likeness (QED) is 0.740. The van der Waals surface area contributed by atoms with Gasteiger partial charge in [-0.3, -0.25) is 4.79 Å². The van der Waals surface area contributed by atoms with Crippen LogP contribution in [0.25, 0.3) is 0 Å². The Bertz CT molecular complexity index is 869. The van der Waals surface area contributed by atoms with E-state index in [1.54, 1.807) is 24.3 Å². The summed E-state index contributed by atoms with van der Waals surface area (Å²) in [4.78, 5) is 27.7. The largest absolute Gasteiger partial charge is 0.476 e. The molecule has 0 fully saturated rings. The fourth-order valence-corrected chi connectivity index (χ4v) is 2.30. The van der Waals surface area contributed by atoms with Crippen molar-refractivity contribution in [2.75, 3.05) is 5.32 Å². The highest BCUT2D eigenvalue weighted by molar-refractivity contribution is 6.30. The van der Waals surface area contributed by atoms with Crippen LogP contribution in [0.2, 0.25) is 5.02 Å². The normalized spacial score (nSPS) is 10.5. The Balaban J connectivity index is 1.85. The number of furan rings is 1. The number of hydrogen-bond donors (Lipinski definition) is 2. The number of carbonyl (C=O) groups excluding carboxylic acids is 1. The molecule has 24 heavy (non-hydrogen) atoms. The number of benzene rings is 1. The van der Waals surface area contributed by atoms with Gasteiger partial charge in [0.15, 0.2) is 11.5 Å². The van der Waals surface area contributed by atoms with Crippen molar-refractivity contribution >= 4 is 29.3 Å². The molecule has 1 aromatic carbocycles. The highest BCUT2D eigenvalue weighted by atomic mass is 35.5. The number of rotatable bonds is 5. The molecule has 2 heterocycles. The molecule has 1 amide bonds. The van der Waals surface area contributed by atoms with Gasteiger partial charge in [0.1, 0.15) is 5.76 Å². The zero-order chi connectivity index (χ0) is 17.1. The molecule has 0 bridgehead atoms. The Hall–Kier alpha value is -3.06. The van der Waals surface area contributed by atoms with Crippen LogP contribution in [-0.2, 0) is 6.54 Å². The molecular formula is C16H12ClN3O4. The van der Waals surface area contributed by atoms with Gasteiger partial charge in [0.05, 0.1) is 19.1 Å². The average molecular weight is 346 g/mol. The van der Waals surface area contributed by atoms with Crippen LogP contribution in [0.1, 0.15) is 26.6 Å². The number of anilines is 1. The third-order valence-corrected chi connectivity index (χ3v) is 3.54. The molecule has 0 saturated heterocycles. The molecule has 0 unspecified atom stereocenters. The van der Waals surface area contributed by atoms with Crippen LogP contribution in [-0.4, -0.2) is 26.5 Å². The third kappa shape index (κ3) is 3.31. The monoisotopic (exact) mass is 345 g/mol. The number of carboxylic acids is 1. The smallest absolute Gasteiger partial charge is 0.356 e. The van der Waals surface area contributed by atoms with Crippen molar-refractivity contribution in [1.82, 2.24) is 9.55 Å². The molecule has 8 heteroatoms. The Kier molecular flexibility index (Phi) is 4.35. The van der Waals surface area contributed by atoms with E-state index in [2.05, 4.69) is 10.3 Å². The van der Waals surface area contributed by atoms with E-state index in [-0.39, 0.29) is 18.1 Å². The van der Waals surface area contributed by atoms with Crippen molar-refractivity contribution < 1.29 is 19.1 Å². The molecule has 0 saturated carbocycles. The number of carboxylic acid groups (broad SMARTS) is 1. The van der Waals surface area contributed by atoms with E-state index in [0.29, 0.717) is 16.3 Å². The van der Waals surface area contributed by atoms with Gasteiger partial charge in [-0.2, -0.15) is 0 Å². The summed E-state index contributed by atoms with van der Waals surface area (Å²) in [5.74, 6) is -1.14. The number of aromatic nitrogens is 2. The minimum atomic E-state index is -1.20. The van der Waals surface area contributed by atoms with Gasteiger partial charge in [0.2, 0.25) is 0 Å². The van der Waals surface area contributed by atoms with E-state index < -0.39 is 11.9 Å². The van der Waals surface area contributed by atoms with Gasteiger partial charge < -0.3 is 19.4 Å². The lowest BCUT2D eigenvalue weighted by atomic mass is 10.2. The van der Waals surface area contributed by atoms with Gasteiger partial charge in [-0.15, -0.1) is 0 Å². The second kappa shape index (κ2) is 6.59. The number of hydrogen-bond acceptors (Lipinski definition) is 4. The van der Waals surface area contributed by atoms with Crippen LogP contribution in [0.15, 0.2) is 53.4 Å². The lowest BCUT2D eigenvalue weighted by molar-refractivity contribution is 0.0686. The maximum Gasteiger partial charge on any atom is 0.356 e. The lowest BCUT2D eigenvalue weighted by Gasteiger charge is -2.06. The van der Waals surface area contributed by atoms with E-state index in [1.165, 1.54) is 29.3 Å². The number of nitrogens with one attached hydrogen (secondary N) is 1. The SMILES string of the molecule is O=C(Nc1ncn(Cc2ccco2)c1C(=O)O)c1ccc(Cl)cc1. The molecule has 7 nitrogen and oxygen atoms in total. The first-order valence-electron chi connectivity index (χ1n) is 6.92. The Morgan fingerprint density at radius 2 is 2.00 bits per heavy atom. The molecule has 0 radical (unpaired) electrons. The number of amides is 1. The number of halogens is 1. The summed E-state index contributed by atoms with van der Waals surface area (Å²) >= 11 is 5.78. The molecule has 0 aliphatic heterocycles. The Labute approximate surface area is 141 Å². The first-order valence-corrected chi connectivity index (χ1v) is 7.30.